The molecule has 1 aromatic heterocycles. The predicted octanol–water partition coefficient (Wildman–Crippen LogP) is 2.87. The minimum atomic E-state index is 0.0169. The number of hydrogen-bond acceptors (Lipinski definition) is 3. The van der Waals surface area contributed by atoms with E-state index in [9.17, 15) is 4.79 Å². The van der Waals surface area contributed by atoms with Gasteiger partial charge in [0.25, 0.3) is 5.91 Å². The van der Waals surface area contributed by atoms with Crippen molar-refractivity contribution in [2.45, 2.75) is 13.8 Å². The third-order valence-electron chi connectivity index (χ3n) is 2.33. The van der Waals surface area contributed by atoms with Gasteiger partial charge in [0.05, 0.1) is 4.91 Å². The molecule has 1 saturated heterocycles. The number of aromatic amines is 1. The summed E-state index contributed by atoms with van der Waals surface area (Å²) in [5, 5.41) is 0. The third-order valence-corrected chi connectivity index (χ3v) is 3.71. The number of nitrogens with zero attached hydrogens (tertiary/aromatic N) is 1. The smallest absolute Gasteiger partial charge is 0.266 e. The van der Waals surface area contributed by atoms with Crippen LogP contribution in [-0.2, 0) is 4.79 Å². The Morgan fingerprint density at radius 3 is 2.94 bits per heavy atom. The number of thiocarbonyl (C=S) groups is 1. The standard InChI is InChI=1S/C12H14N2OS2/c1-8(2)7-14-11(15)10(17-12(14)16)6-9-4-3-5-13-9/h3-6,8,13H,7H2,1-2H3/b10-6-. The molecule has 1 aliphatic rings. The second-order valence-electron chi connectivity index (χ2n) is 4.31. The molecule has 3 nitrogen and oxygen atoms in total. The topological polar surface area (TPSA) is 36.1 Å². The molecule has 0 aromatic carbocycles. The van der Waals surface area contributed by atoms with Gasteiger partial charge in [-0.3, -0.25) is 9.69 Å². The summed E-state index contributed by atoms with van der Waals surface area (Å²) < 4.78 is 0.654. The van der Waals surface area contributed by atoms with E-state index in [-0.39, 0.29) is 5.91 Å². The quantitative estimate of drug-likeness (QED) is 0.675. The Balaban J connectivity index is 2.18. The third kappa shape index (κ3) is 2.79. The van der Waals surface area contributed by atoms with Gasteiger partial charge in [-0.1, -0.05) is 37.8 Å². The van der Waals surface area contributed by atoms with E-state index in [1.807, 2.05) is 24.4 Å². The van der Waals surface area contributed by atoms with Crippen LogP contribution in [0, 0.1) is 5.92 Å². The van der Waals surface area contributed by atoms with Crippen molar-refractivity contribution in [3.63, 3.8) is 0 Å². The van der Waals surface area contributed by atoms with E-state index in [2.05, 4.69) is 18.8 Å². The Labute approximate surface area is 110 Å². The number of aromatic nitrogens is 1. The fourth-order valence-electron chi connectivity index (χ4n) is 1.60. The number of carbonyl (C=O) groups is 1. The summed E-state index contributed by atoms with van der Waals surface area (Å²) in [6, 6.07) is 3.83. The summed E-state index contributed by atoms with van der Waals surface area (Å²) in [6.07, 6.45) is 3.68. The van der Waals surface area contributed by atoms with E-state index in [0.717, 1.165) is 5.69 Å². The highest BCUT2D eigenvalue weighted by molar-refractivity contribution is 8.26. The van der Waals surface area contributed by atoms with Gasteiger partial charge in [-0.15, -0.1) is 0 Å². The van der Waals surface area contributed by atoms with Crippen LogP contribution >= 0.6 is 24.0 Å². The van der Waals surface area contributed by atoms with Crippen LogP contribution in [0.1, 0.15) is 19.5 Å². The minimum absolute atomic E-state index is 0.0169. The zero-order valence-electron chi connectivity index (χ0n) is 9.77. The van der Waals surface area contributed by atoms with E-state index in [4.69, 9.17) is 12.2 Å². The lowest BCUT2D eigenvalue weighted by Gasteiger charge is -2.16. The molecule has 17 heavy (non-hydrogen) atoms. The first-order valence-electron chi connectivity index (χ1n) is 5.46. The van der Waals surface area contributed by atoms with Crippen LogP contribution in [0.5, 0.6) is 0 Å². The SMILES string of the molecule is CC(C)CN1C(=O)/C(=C/c2ccc[nH]2)SC1=S. The number of thioether (sulfide) groups is 1. The molecule has 2 heterocycles. The predicted molar refractivity (Wildman–Crippen MR) is 75.5 cm³/mol. The van der Waals surface area contributed by atoms with Crippen molar-refractivity contribution < 1.29 is 4.79 Å². The maximum Gasteiger partial charge on any atom is 0.266 e. The molecule has 2 rings (SSSR count). The molecule has 5 heteroatoms. The minimum Gasteiger partial charge on any atom is -0.362 e. The molecule has 1 N–H and O–H groups in total. The fraction of sp³-hybridized carbons (Fsp3) is 0.333. The molecule has 1 aliphatic heterocycles. The number of rotatable bonds is 3. The second kappa shape index (κ2) is 5.06. The Morgan fingerprint density at radius 2 is 2.35 bits per heavy atom. The Kier molecular flexibility index (Phi) is 3.69. The summed E-state index contributed by atoms with van der Waals surface area (Å²) in [5.41, 5.74) is 0.926. The molecule has 0 bridgehead atoms. The Hall–Kier alpha value is -1.07. The normalized spacial score (nSPS) is 18.8. The van der Waals surface area contributed by atoms with Gasteiger partial charge in [-0.05, 0) is 24.1 Å². The lowest BCUT2D eigenvalue weighted by atomic mass is 10.2. The molecule has 1 fully saturated rings. The van der Waals surface area contributed by atoms with Gasteiger partial charge in [0.1, 0.15) is 4.32 Å². The van der Waals surface area contributed by atoms with Gasteiger partial charge in [-0.2, -0.15) is 0 Å². The maximum absolute atomic E-state index is 12.1. The molecule has 1 aromatic rings. The van der Waals surface area contributed by atoms with Crippen molar-refractivity contribution >= 4 is 40.3 Å². The molecular weight excluding hydrogens is 252 g/mol. The van der Waals surface area contributed by atoms with E-state index in [1.54, 1.807) is 4.90 Å². The number of nitrogens with one attached hydrogen (secondary N) is 1. The van der Waals surface area contributed by atoms with E-state index in [1.165, 1.54) is 11.8 Å². The van der Waals surface area contributed by atoms with Crippen LogP contribution in [0.15, 0.2) is 23.2 Å². The van der Waals surface area contributed by atoms with Gasteiger partial charge in [0.2, 0.25) is 0 Å². The van der Waals surface area contributed by atoms with Gasteiger partial charge < -0.3 is 4.98 Å². The monoisotopic (exact) mass is 266 g/mol. The number of hydrogen-bond donors (Lipinski definition) is 1. The highest BCUT2D eigenvalue weighted by atomic mass is 32.2. The van der Waals surface area contributed by atoms with Gasteiger partial charge >= 0.3 is 0 Å². The van der Waals surface area contributed by atoms with Crippen molar-refractivity contribution in [3.05, 3.63) is 28.9 Å². The van der Waals surface area contributed by atoms with Crippen LogP contribution < -0.4 is 0 Å². The van der Waals surface area contributed by atoms with E-state index in [0.29, 0.717) is 21.7 Å². The highest BCUT2D eigenvalue weighted by Crippen LogP contribution is 2.32. The summed E-state index contributed by atoms with van der Waals surface area (Å²) in [5.74, 6) is 0.436. The fourth-order valence-corrected chi connectivity index (χ4v) is 2.86. The van der Waals surface area contributed by atoms with Crippen molar-refractivity contribution in [2.24, 2.45) is 5.92 Å². The molecule has 0 atom stereocenters. The molecule has 0 unspecified atom stereocenters. The molecule has 0 saturated carbocycles. The average molecular weight is 266 g/mol. The zero-order chi connectivity index (χ0) is 12.4. The first-order valence-corrected chi connectivity index (χ1v) is 6.69. The molecule has 90 valence electrons. The molecule has 0 spiro atoms. The number of carbonyl (C=O) groups excluding carboxylic acids is 1. The first-order chi connectivity index (χ1) is 8.08. The number of H-pyrrole nitrogens is 1. The molecule has 1 amide bonds. The van der Waals surface area contributed by atoms with Crippen LogP contribution in [-0.4, -0.2) is 26.7 Å². The van der Waals surface area contributed by atoms with E-state index < -0.39 is 0 Å². The lowest BCUT2D eigenvalue weighted by Crippen LogP contribution is -2.31. The molecule has 0 aliphatic carbocycles. The highest BCUT2D eigenvalue weighted by Gasteiger charge is 2.32. The zero-order valence-corrected chi connectivity index (χ0v) is 11.4. The van der Waals surface area contributed by atoms with Crippen molar-refractivity contribution in [3.8, 4) is 0 Å². The van der Waals surface area contributed by atoms with Crippen LogP contribution in [0.3, 0.4) is 0 Å². The lowest BCUT2D eigenvalue weighted by molar-refractivity contribution is -0.122. The summed E-state index contributed by atoms with van der Waals surface area (Å²) in [6.45, 7) is 4.84. The Morgan fingerprint density at radius 1 is 1.59 bits per heavy atom. The van der Waals surface area contributed by atoms with E-state index >= 15 is 0 Å². The van der Waals surface area contributed by atoms with Crippen molar-refractivity contribution in [1.82, 2.24) is 9.88 Å². The average Bonchev–Trinajstić information content (AvgIpc) is 2.83. The van der Waals surface area contributed by atoms with Gasteiger partial charge in [0, 0.05) is 18.4 Å². The first kappa shape index (κ1) is 12.4. The van der Waals surface area contributed by atoms with Crippen LogP contribution in [0.2, 0.25) is 0 Å². The largest absolute Gasteiger partial charge is 0.362 e. The summed E-state index contributed by atoms with van der Waals surface area (Å²) >= 11 is 6.60. The van der Waals surface area contributed by atoms with Gasteiger partial charge in [0.15, 0.2) is 0 Å². The molecule has 0 radical (unpaired) electrons. The van der Waals surface area contributed by atoms with Crippen LogP contribution in [0.4, 0.5) is 0 Å². The summed E-state index contributed by atoms with van der Waals surface area (Å²) in [4.78, 5) is 17.5. The molecular formula is C12H14N2OS2. The second-order valence-corrected chi connectivity index (χ2v) is 5.99. The number of amides is 1. The maximum atomic E-state index is 12.1. The Bertz CT molecular complexity index is 463. The van der Waals surface area contributed by atoms with Crippen molar-refractivity contribution in [1.29, 1.82) is 0 Å². The van der Waals surface area contributed by atoms with Crippen molar-refractivity contribution in [2.75, 3.05) is 6.54 Å². The van der Waals surface area contributed by atoms with Crippen LogP contribution in [0.25, 0.3) is 6.08 Å². The summed E-state index contributed by atoms with van der Waals surface area (Å²) in [7, 11) is 0. The van der Waals surface area contributed by atoms with Gasteiger partial charge in [-0.25, -0.2) is 0 Å².